The molecule has 0 amide bonds. The molecule has 0 saturated heterocycles. The summed E-state index contributed by atoms with van der Waals surface area (Å²) in [6.07, 6.45) is 0. The number of hydrogen-bond acceptors (Lipinski definition) is 3. The van der Waals surface area contributed by atoms with Crippen molar-refractivity contribution in [2.75, 3.05) is 0 Å². The molecule has 0 fully saturated rings. The number of aromatic nitrogens is 3. The Morgan fingerprint density at radius 2 is 1.00 bits per heavy atom. The molecule has 4 nitrogen and oxygen atoms in total. The average Bonchev–Trinajstić information content (AvgIpc) is 3.13. The van der Waals surface area contributed by atoms with Crippen molar-refractivity contribution in [1.29, 1.82) is 0 Å². The molecule has 0 bridgehead atoms. The van der Waals surface area contributed by atoms with Gasteiger partial charge in [-0.1, -0.05) is 103 Å². The maximum absolute atomic E-state index is 14.0. The molecule has 0 spiro atoms. The smallest absolute Gasteiger partial charge is 0.197 e. The number of hydrogen-bond donors (Lipinski definition) is 0. The highest BCUT2D eigenvalue weighted by Crippen LogP contribution is 2.43. The van der Waals surface area contributed by atoms with Crippen LogP contribution < -0.4 is 0 Å². The SMILES string of the molecule is [C-]#[N+]c1cc2nc(-c3ccccc3)c(-c3ccccc3)nc2c2c(-c3ccc(-c4cc(F)c(F)c(F)c4)cc3)nc3ccccc3c12. The predicted molar refractivity (Wildman–Crippen MR) is 180 cm³/mol. The standard InChI is InChI=1S/C40H21F3N4/c1-44-32-22-33-40(47-39(25-12-6-3-7-13-25)38(46-33)24-10-4-2-5-11-24)35-34(32)28-14-8-9-15-31(28)45-37(35)26-18-16-23(17-19-26)27-20-29(41)36(43)30(42)21-27/h2-22H. The van der Waals surface area contributed by atoms with Crippen molar-refractivity contribution in [3.8, 4) is 44.9 Å². The highest BCUT2D eigenvalue weighted by Gasteiger charge is 2.22. The first-order chi connectivity index (χ1) is 23.0. The second-order valence-corrected chi connectivity index (χ2v) is 11.1. The van der Waals surface area contributed by atoms with Gasteiger partial charge in [-0.3, -0.25) is 0 Å². The summed E-state index contributed by atoms with van der Waals surface area (Å²) in [6.45, 7) is 8.19. The molecule has 47 heavy (non-hydrogen) atoms. The Morgan fingerprint density at radius 1 is 0.468 bits per heavy atom. The van der Waals surface area contributed by atoms with E-state index < -0.39 is 17.5 Å². The van der Waals surface area contributed by atoms with E-state index in [0.717, 1.165) is 28.6 Å². The van der Waals surface area contributed by atoms with Crippen LogP contribution in [0.25, 0.3) is 82.5 Å². The molecule has 8 aromatic rings. The monoisotopic (exact) mass is 614 g/mol. The Morgan fingerprint density at radius 3 is 1.64 bits per heavy atom. The zero-order valence-corrected chi connectivity index (χ0v) is 24.5. The van der Waals surface area contributed by atoms with Crippen molar-refractivity contribution in [3.63, 3.8) is 0 Å². The third-order valence-corrected chi connectivity index (χ3v) is 8.27. The molecule has 0 unspecified atom stereocenters. The summed E-state index contributed by atoms with van der Waals surface area (Å²) >= 11 is 0. The molecule has 0 aliphatic rings. The summed E-state index contributed by atoms with van der Waals surface area (Å²) in [7, 11) is 0. The van der Waals surface area contributed by atoms with Crippen LogP contribution in [0.15, 0.2) is 127 Å². The minimum Gasteiger partial charge on any atom is -0.247 e. The molecule has 0 aliphatic carbocycles. The Hall–Kier alpha value is -6.39. The lowest BCUT2D eigenvalue weighted by Crippen LogP contribution is -1.98. The number of pyridine rings is 1. The van der Waals surface area contributed by atoms with E-state index in [1.807, 2.05) is 84.9 Å². The molecule has 7 heteroatoms. The topological polar surface area (TPSA) is 43.0 Å². The molecular weight excluding hydrogens is 593 g/mol. The second kappa shape index (κ2) is 11.2. The molecule has 222 valence electrons. The first-order valence-electron chi connectivity index (χ1n) is 14.8. The average molecular weight is 615 g/mol. The fraction of sp³-hybridized carbons (Fsp3) is 0. The molecule has 2 heterocycles. The lowest BCUT2D eigenvalue weighted by Gasteiger charge is -2.16. The van der Waals surface area contributed by atoms with Crippen molar-refractivity contribution in [1.82, 2.24) is 15.0 Å². The van der Waals surface area contributed by atoms with E-state index in [4.69, 9.17) is 21.5 Å². The first kappa shape index (κ1) is 28.1. The number of nitrogens with zero attached hydrogens (tertiary/aromatic N) is 4. The van der Waals surface area contributed by atoms with Crippen LogP contribution in [0, 0.1) is 24.0 Å². The molecular formula is C40H21F3N4. The van der Waals surface area contributed by atoms with E-state index >= 15 is 0 Å². The van der Waals surface area contributed by atoms with E-state index in [9.17, 15) is 13.2 Å². The van der Waals surface area contributed by atoms with Gasteiger partial charge < -0.3 is 0 Å². The van der Waals surface area contributed by atoms with Crippen molar-refractivity contribution < 1.29 is 13.2 Å². The van der Waals surface area contributed by atoms with Gasteiger partial charge in [-0.15, -0.1) is 0 Å². The minimum atomic E-state index is -1.51. The lowest BCUT2D eigenvalue weighted by atomic mass is 9.95. The molecule has 8 rings (SSSR count). The summed E-state index contributed by atoms with van der Waals surface area (Å²) in [6, 6.07) is 38.1. The summed E-state index contributed by atoms with van der Waals surface area (Å²) in [5, 5.41) is 2.19. The van der Waals surface area contributed by atoms with Gasteiger partial charge in [0.2, 0.25) is 0 Å². The van der Waals surface area contributed by atoms with Crippen molar-refractivity contribution >= 4 is 38.4 Å². The third-order valence-electron chi connectivity index (χ3n) is 8.27. The van der Waals surface area contributed by atoms with Gasteiger partial charge in [0, 0.05) is 27.5 Å². The number of benzene rings is 6. The van der Waals surface area contributed by atoms with Crippen LogP contribution in [0.2, 0.25) is 0 Å². The Balaban J connectivity index is 1.46. The van der Waals surface area contributed by atoms with Gasteiger partial charge in [-0.05, 0) is 40.8 Å². The Bertz CT molecular complexity index is 2520. The highest BCUT2D eigenvalue weighted by molar-refractivity contribution is 6.24. The van der Waals surface area contributed by atoms with Crippen LogP contribution >= 0.6 is 0 Å². The predicted octanol–water partition coefficient (Wildman–Crippen LogP) is 11.0. The lowest BCUT2D eigenvalue weighted by molar-refractivity contribution is 0.448. The van der Waals surface area contributed by atoms with E-state index in [2.05, 4.69) is 4.85 Å². The molecule has 0 radical (unpaired) electrons. The normalized spacial score (nSPS) is 11.3. The zero-order chi connectivity index (χ0) is 32.1. The maximum Gasteiger partial charge on any atom is 0.197 e. The Labute approximate surface area is 267 Å². The number of fused-ring (bicyclic) bond motifs is 5. The maximum atomic E-state index is 14.0. The van der Waals surface area contributed by atoms with E-state index in [-0.39, 0.29) is 5.56 Å². The van der Waals surface area contributed by atoms with Crippen LogP contribution in [0.3, 0.4) is 0 Å². The molecule has 0 atom stereocenters. The molecule has 6 aromatic carbocycles. The first-order valence-corrected chi connectivity index (χ1v) is 14.8. The van der Waals surface area contributed by atoms with Gasteiger partial charge in [0.05, 0.1) is 40.2 Å². The van der Waals surface area contributed by atoms with E-state index in [1.165, 1.54) is 0 Å². The van der Waals surface area contributed by atoms with Crippen LogP contribution in [-0.2, 0) is 0 Å². The zero-order valence-electron chi connectivity index (χ0n) is 24.5. The molecule has 0 N–H and O–H groups in total. The number of halogens is 3. The van der Waals surface area contributed by atoms with Crippen LogP contribution in [0.5, 0.6) is 0 Å². The van der Waals surface area contributed by atoms with Crippen LogP contribution in [0.4, 0.5) is 18.9 Å². The van der Waals surface area contributed by atoms with Gasteiger partial charge in [-0.2, -0.15) is 0 Å². The number of para-hydroxylation sites is 1. The summed E-state index contributed by atoms with van der Waals surface area (Å²) in [5.74, 6) is -4.02. The summed E-state index contributed by atoms with van der Waals surface area (Å²) < 4.78 is 41.7. The summed E-state index contributed by atoms with van der Waals surface area (Å²) in [4.78, 5) is 19.5. The largest absolute Gasteiger partial charge is 0.247 e. The molecule has 0 saturated carbocycles. The van der Waals surface area contributed by atoms with Gasteiger partial charge in [0.25, 0.3) is 0 Å². The molecule has 0 aliphatic heterocycles. The summed E-state index contributed by atoms with van der Waals surface area (Å²) in [5.41, 5.74) is 7.41. The van der Waals surface area contributed by atoms with E-state index in [1.54, 1.807) is 30.3 Å². The fourth-order valence-corrected chi connectivity index (χ4v) is 6.08. The number of rotatable bonds is 4. The quantitative estimate of drug-likeness (QED) is 0.113. The highest BCUT2D eigenvalue weighted by atomic mass is 19.2. The minimum absolute atomic E-state index is 0.205. The fourth-order valence-electron chi connectivity index (χ4n) is 6.08. The van der Waals surface area contributed by atoms with Crippen molar-refractivity contribution in [2.45, 2.75) is 0 Å². The van der Waals surface area contributed by atoms with E-state index in [0.29, 0.717) is 61.2 Å². The van der Waals surface area contributed by atoms with Crippen molar-refractivity contribution in [3.05, 3.63) is 156 Å². The van der Waals surface area contributed by atoms with Gasteiger partial charge in [0.1, 0.15) is 0 Å². The second-order valence-electron chi connectivity index (χ2n) is 11.1. The molecule has 2 aromatic heterocycles. The van der Waals surface area contributed by atoms with Crippen molar-refractivity contribution in [2.24, 2.45) is 0 Å². The Kier molecular flexibility index (Phi) is 6.70. The van der Waals surface area contributed by atoms with Gasteiger partial charge in [0.15, 0.2) is 23.1 Å². The van der Waals surface area contributed by atoms with Crippen LogP contribution in [0.1, 0.15) is 0 Å². The van der Waals surface area contributed by atoms with Gasteiger partial charge in [-0.25, -0.2) is 33.0 Å². The third kappa shape index (κ3) is 4.75. The van der Waals surface area contributed by atoms with Crippen LogP contribution in [-0.4, -0.2) is 15.0 Å². The van der Waals surface area contributed by atoms with Gasteiger partial charge >= 0.3 is 0 Å².